The lowest BCUT2D eigenvalue weighted by Crippen LogP contribution is -2.46. The quantitative estimate of drug-likeness (QED) is 0.0152. The Morgan fingerprint density at radius 1 is 0.845 bits per heavy atom. The fourth-order valence-electron chi connectivity index (χ4n) is 7.89. The minimum atomic E-state index is -1.01. The Morgan fingerprint density at radius 2 is 1.49 bits per heavy atom. The molecule has 1 saturated carbocycles. The predicted octanol–water partition coefficient (Wildman–Crippen LogP) is 8.70. The number of halogens is 3. The lowest BCUT2D eigenvalue weighted by Gasteiger charge is -2.36. The molecule has 1 aromatic heterocycles. The molecule has 71 heavy (non-hydrogen) atoms. The highest BCUT2D eigenvalue weighted by Crippen LogP contribution is 2.59. The highest BCUT2D eigenvalue weighted by Gasteiger charge is 2.53. The molecule has 2 amide bonds. The third kappa shape index (κ3) is 14.2. The van der Waals surface area contributed by atoms with Gasteiger partial charge >= 0.3 is 12.2 Å². The average molecular weight is 1010 g/mol. The van der Waals surface area contributed by atoms with Gasteiger partial charge < -0.3 is 33.9 Å². The molecule has 2 aliphatic rings. The fraction of sp³-hybridized carbons (Fsp3) is 0.306. The van der Waals surface area contributed by atoms with Gasteiger partial charge in [0.05, 0.1) is 37.1 Å². The number of aromatic nitrogens is 1. The molecule has 4 aromatic carbocycles. The summed E-state index contributed by atoms with van der Waals surface area (Å²) in [5, 5.41) is 37.3. The predicted molar refractivity (Wildman–Crippen MR) is 244 cm³/mol. The summed E-state index contributed by atoms with van der Waals surface area (Å²) < 4.78 is 55.9. The van der Waals surface area contributed by atoms with Crippen LogP contribution in [-0.2, 0) is 45.4 Å². The van der Waals surface area contributed by atoms with Crippen LogP contribution < -0.4 is 24.3 Å². The molecule has 1 aliphatic heterocycles. The molecule has 1 spiro atoms. The molecule has 2 heterocycles. The zero-order chi connectivity index (χ0) is 50.7. The first-order valence-corrected chi connectivity index (χ1v) is 22.5. The summed E-state index contributed by atoms with van der Waals surface area (Å²) in [6.45, 7) is 3.14. The Bertz CT molecular complexity index is 2730. The number of aryl methyl sites for hydroxylation is 1. The maximum absolute atomic E-state index is 14.5. The van der Waals surface area contributed by atoms with Gasteiger partial charge in [0.2, 0.25) is 11.8 Å². The van der Waals surface area contributed by atoms with Crippen molar-refractivity contribution in [1.82, 2.24) is 26.0 Å². The van der Waals surface area contributed by atoms with Gasteiger partial charge in [-0.15, -0.1) is 0 Å². The lowest BCUT2D eigenvalue weighted by atomic mass is 9.81. The molecule has 22 heteroatoms. The second kappa shape index (κ2) is 23.9. The second-order valence-corrected chi connectivity index (χ2v) is 17.1. The Kier molecular flexibility index (Phi) is 17.5. The van der Waals surface area contributed by atoms with Gasteiger partial charge in [-0.1, -0.05) is 60.1 Å². The summed E-state index contributed by atoms with van der Waals surface area (Å²) in [5.74, 6) is -1.77. The number of amides is 2. The number of nitrogens with one attached hydrogen (secondary N) is 1. The van der Waals surface area contributed by atoms with Gasteiger partial charge in [-0.3, -0.25) is 25.6 Å². The Labute approximate surface area is 410 Å². The SMILES string of the molecule is Cc1c(CNC(=O)C2=C(c3ccc(CCCOc4c(F)ccc(F)c4Cl)cc3)C3(CC3)CN(C(=O)Oc3cccc(CON(O)O)c3)C2)ccnc1OCC(C)OC(=O)Oc1cccc(CON(O)O)c1. The van der Waals surface area contributed by atoms with Crippen LogP contribution in [0.15, 0.2) is 103 Å². The van der Waals surface area contributed by atoms with E-state index in [1.54, 1.807) is 50.2 Å². The van der Waals surface area contributed by atoms with Crippen molar-refractivity contribution in [2.75, 3.05) is 26.3 Å². The van der Waals surface area contributed by atoms with E-state index in [1.165, 1.54) is 29.3 Å². The van der Waals surface area contributed by atoms with Crippen molar-refractivity contribution in [2.45, 2.75) is 65.4 Å². The molecule has 0 saturated heterocycles. The molecule has 1 atom stereocenters. The minimum Gasteiger partial charge on any atom is -0.489 e. The van der Waals surface area contributed by atoms with Crippen LogP contribution in [0.3, 0.4) is 0 Å². The van der Waals surface area contributed by atoms with Crippen LogP contribution in [0.5, 0.6) is 23.1 Å². The van der Waals surface area contributed by atoms with E-state index in [0.29, 0.717) is 53.5 Å². The third-order valence-electron chi connectivity index (χ3n) is 11.5. The summed E-state index contributed by atoms with van der Waals surface area (Å²) in [6, 6.07) is 23.8. The highest BCUT2D eigenvalue weighted by molar-refractivity contribution is 6.32. The number of pyridine rings is 1. The summed E-state index contributed by atoms with van der Waals surface area (Å²) in [6.07, 6.45) is 1.42. The van der Waals surface area contributed by atoms with Gasteiger partial charge in [-0.05, 0) is 115 Å². The van der Waals surface area contributed by atoms with Crippen molar-refractivity contribution >= 4 is 35.3 Å². The molecule has 5 aromatic rings. The van der Waals surface area contributed by atoms with Crippen LogP contribution in [0.1, 0.15) is 59.6 Å². The van der Waals surface area contributed by atoms with E-state index in [9.17, 15) is 23.2 Å². The van der Waals surface area contributed by atoms with Crippen molar-refractivity contribution in [2.24, 2.45) is 5.41 Å². The topological polar surface area (TPSA) is 231 Å². The molecule has 0 radical (unpaired) electrons. The number of rotatable bonds is 21. The van der Waals surface area contributed by atoms with Gasteiger partial charge in [-0.25, -0.2) is 33.0 Å². The molecule has 19 nitrogen and oxygen atoms in total. The van der Waals surface area contributed by atoms with E-state index in [-0.39, 0.29) is 69.2 Å². The number of ether oxygens (including phenoxy) is 5. The Morgan fingerprint density at radius 3 is 2.14 bits per heavy atom. The molecule has 1 aliphatic carbocycles. The van der Waals surface area contributed by atoms with E-state index < -0.39 is 57.1 Å². The molecular formula is C49H50ClF2N5O14. The zero-order valence-electron chi connectivity index (χ0n) is 38.4. The van der Waals surface area contributed by atoms with Crippen molar-refractivity contribution in [1.29, 1.82) is 0 Å². The van der Waals surface area contributed by atoms with E-state index >= 15 is 0 Å². The van der Waals surface area contributed by atoms with Crippen LogP contribution in [0.4, 0.5) is 18.4 Å². The first kappa shape index (κ1) is 52.0. The first-order chi connectivity index (χ1) is 34.1. The molecule has 0 bridgehead atoms. The number of carbonyl (C=O) groups is 3. The normalized spacial score (nSPS) is 14.4. The molecule has 7 rings (SSSR count). The van der Waals surface area contributed by atoms with Gasteiger partial charge in [-0.2, -0.15) is 0 Å². The highest BCUT2D eigenvalue weighted by atomic mass is 35.5. The molecule has 5 N–H and O–H groups in total. The number of hydrogen-bond donors (Lipinski definition) is 5. The maximum atomic E-state index is 14.5. The number of benzene rings is 4. The van der Waals surface area contributed by atoms with E-state index in [4.69, 9.17) is 61.0 Å². The minimum absolute atomic E-state index is 0.0502. The third-order valence-corrected chi connectivity index (χ3v) is 11.9. The molecular weight excluding hydrogens is 956 g/mol. The summed E-state index contributed by atoms with van der Waals surface area (Å²) in [4.78, 5) is 56.0. The zero-order valence-corrected chi connectivity index (χ0v) is 39.1. The van der Waals surface area contributed by atoms with Crippen LogP contribution in [-0.4, -0.2) is 92.1 Å². The van der Waals surface area contributed by atoms with Crippen LogP contribution in [0.25, 0.3) is 5.57 Å². The van der Waals surface area contributed by atoms with Crippen molar-refractivity contribution in [3.63, 3.8) is 0 Å². The van der Waals surface area contributed by atoms with Crippen LogP contribution >= 0.6 is 11.6 Å². The van der Waals surface area contributed by atoms with Crippen molar-refractivity contribution < 1.29 is 77.4 Å². The maximum Gasteiger partial charge on any atom is 0.514 e. The summed E-state index contributed by atoms with van der Waals surface area (Å²) >= 11 is 5.91. The van der Waals surface area contributed by atoms with E-state index in [1.807, 2.05) is 24.3 Å². The Balaban J connectivity index is 1.03. The van der Waals surface area contributed by atoms with Crippen molar-refractivity contribution in [3.8, 4) is 23.1 Å². The largest absolute Gasteiger partial charge is 0.514 e. The smallest absolute Gasteiger partial charge is 0.489 e. The van der Waals surface area contributed by atoms with Crippen LogP contribution in [0, 0.1) is 24.0 Å². The average Bonchev–Trinajstić information content (AvgIpc) is 4.11. The Hall–Kier alpha value is -6.79. The van der Waals surface area contributed by atoms with Crippen molar-refractivity contribution in [3.05, 3.63) is 153 Å². The number of hydrogen-bond acceptors (Lipinski definition) is 17. The summed E-state index contributed by atoms with van der Waals surface area (Å²) in [7, 11) is 0. The van der Waals surface area contributed by atoms with E-state index in [0.717, 1.165) is 28.8 Å². The van der Waals surface area contributed by atoms with Gasteiger partial charge in [0, 0.05) is 35.8 Å². The number of nitrogens with zero attached hydrogens (tertiary/aromatic N) is 4. The lowest BCUT2D eigenvalue weighted by molar-refractivity contribution is -0.497. The van der Waals surface area contributed by atoms with Gasteiger partial charge in [0.15, 0.2) is 11.6 Å². The first-order valence-electron chi connectivity index (χ1n) is 22.2. The fourth-order valence-corrected chi connectivity index (χ4v) is 8.10. The molecule has 1 fully saturated rings. The standard InChI is InChI=1S/C49H50ClF2N5O14/c1-30(69-48(60)71-38-10-4-7-34(23-38)28-68-57(63)64)26-66-46-31(2)36(17-20-53-46)24-54-45(58)39-25-55(47(59)70-37-9-3-6-33(22-37)27-67-56(61)62)29-49(18-19-49)42(39)35-13-11-32(12-14-35)8-5-21-65-44-41(52)16-15-40(51)43(44)50/h3-4,6-7,9-17,20,22-23,30,61-64H,5,8,18-19,21,24-29H2,1-2H3,(H,54,58). The van der Waals surface area contributed by atoms with Gasteiger partial charge in [0.25, 0.3) is 0 Å². The van der Waals surface area contributed by atoms with Crippen LogP contribution in [0.2, 0.25) is 5.02 Å². The molecule has 1 unspecified atom stereocenters. The van der Waals surface area contributed by atoms with Gasteiger partial charge in [0.1, 0.15) is 35.0 Å². The number of carbonyl (C=O) groups excluding carboxylic acids is 3. The molecule has 376 valence electrons. The monoisotopic (exact) mass is 1010 g/mol. The summed E-state index contributed by atoms with van der Waals surface area (Å²) in [5.41, 5.74) is 4.56. The second-order valence-electron chi connectivity index (χ2n) is 16.7. The van der Waals surface area contributed by atoms with E-state index in [2.05, 4.69) is 15.1 Å².